The third-order valence-corrected chi connectivity index (χ3v) is 3.52. The molecule has 0 aromatic carbocycles. The summed E-state index contributed by atoms with van der Waals surface area (Å²) in [5, 5.41) is 15.5. The standard InChI is InChI=1S/C11H18BrF2N3O/c1-3-8-10(12)9(17(4-2)16-8)5-15-6-11(13,14)7-18/h15,18H,3-7H2,1-2H3. The van der Waals surface area contributed by atoms with E-state index in [9.17, 15) is 8.78 Å². The van der Waals surface area contributed by atoms with Gasteiger partial charge in [0.2, 0.25) is 0 Å². The third kappa shape index (κ3) is 3.73. The van der Waals surface area contributed by atoms with E-state index in [1.54, 1.807) is 4.68 Å². The van der Waals surface area contributed by atoms with Gasteiger partial charge in [0.05, 0.1) is 22.4 Å². The van der Waals surface area contributed by atoms with Crippen molar-refractivity contribution >= 4 is 15.9 Å². The van der Waals surface area contributed by atoms with Crippen LogP contribution in [0.2, 0.25) is 0 Å². The molecule has 7 heteroatoms. The van der Waals surface area contributed by atoms with Gasteiger partial charge in [-0.2, -0.15) is 5.10 Å². The second-order valence-electron chi connectivity index (χ2n) is 3.99. The van der Waals surface area contributed by atoms with Crippen molar-refractivity contribution in [2.75, 3.05) is 13.2 Å². The van der Waals surface area contributed by atoms with Crippen LogP contribution in [0.1, 0.15) is 25.2 Å². The molecule has 0 aliphatic rings. The van der Waals surface area contributed by atoms with E-state index in [0.29, 0.717) is 6.54 Å². The number of nitrogens with zero attached hydrogens (tertiary/aromatic N) is 2. The van der Waals surface area contributed by atoms with Crippen LogP contribution in [0.15, 0.2) is 4.47 Å². The second-order valence-corrected chi connectivity index (χ2v) is 4.79. The molecule has 0 fully saturated rings. The van der Waals surface area contributed by atoms with Gasteiger partial charge in [0.15, 0.2) is 0 Å². The molecule has 0 amide bonds. The molecule has 4 nitrogen and oxygen atoms in total. The molecule has 104 valence electrons. The number of hydrogen-bond donors (Lipinski definition) is 2. The fourth-order valence-electron chi connectivity index (χ4n) is 1.61. The highest BCUT2D eigenvalue weighted by atomic mass is 79.9. The molecule has 0 aliphatic heterocycles. The van der Waals surface area contributed by atoms with Gasteiger partial charge in [0.1, 0.15) is 6.61 Å². The van der Waals surface area contributed by atoms with E-state index >= 15 is 0 Å². The number of halogens is 3. The van der Waals surface area contributed by atoms with Crippen molar-refractivity contribution in [2.45, 2.75) is 39.3 Å². The van der Waals surface area contributed by atoms with Crippen molar-refractivity contribution < 1.29 is 13.9 Å². The maximum atomic E-state index is 12.9. The fraction of sp³-hybridized carbons (Fsp3) is 0.727. The predicted octanol–water partition coefficient (Wildman–Crippen LogP) is 1.95. The molecule has 0 spiro atoms. The molecule has 0 aliphatic carbocycles. The number of aromatic nitrogens is 2. The van der Waals surface area contributed by atoms with E-state index in [0.717, 1.165) is 22.3 Å². The Morgan fingerprint density at radius 2 is 2.11 bits per heavy atom. The average molecular weight is 326 g/mol. The number of nitrogens with one attached hydrogen (secondary N) is 1. The Bertz CT molecular complexity index is 396. The maximum Gasteiger partial charge on any atom is 0.282 e. The smallest absolute Gasteiger partial charge is 0.282 e. The minimum atomic E-state index is -3.09. The molecule has 0 radical (unpaired) electrons. The monoisotopic (exact) mass is 325 g/mol. The Kier molecular flexibility index (Phi) is 5.68. The Morgan fingerprint density at radius 3 is 2.61 bits per heavy atom. The molecule has 1 aromatic rings. The van der Waals surface area contributed by atoms with Crippen molar-refractivity contribution in [1.29, 1.82) is 0 Å². The van der Waals surface area contributed by atoms with Crippen molar-refractivity contribution in [3.63, 3.8) is 0 Å². The first-order valence-electron chi connectivity index (χ1n) is 5.88. The largest absolute Gasteiger partial charge is 0.390 e. The van der Waals surface area contributed by atoms with Gasteiger partial charge in [-0.05, 0) is 29.3 Å². The maximum absolute atomic E-state index is 12.9. The predicted molar refractivity (Wildman–Crippen MR) is 68.7 cm³/mol. The summed E-state index contributed by atoms with van der Waals surface area (Å²) in [4.78, 5) is 0. The van der Waals surface area contributed by atoms with E-state index in [1.807, 2.05) is 13.8 Å². The van der Waals surface area contributed by atoms with E-state index in [2.05, 4.69) is 26.3 Å². The summed E-state index contributed by atoms with van der Waals surface area (Å²) < 4.78 is 28.4. The highest BCUT2D eigenvalue weighted by Gasteiger charge is 2.27. The van der Waals surface area contributed by atoms with Crippen LogP contribution in [0, 0.1) is 0 Å². The molecular formula is C11H18BrF2N3O. The first-order chi connectivity index (χ1) is 8.45. The SMILES string of the molecule is CCc1nn(CC)c(CNCC(F)(F)CO)c1Br. The quantitative estimate of drug-likeness (QED) is 0.805. The molecule has 1 heterocycles. The molecule has 18 heavy (non-hydrogen) atoms. The van der Waals surface area contributed by atoms with Crippen molar-refractivity contribution in [1.82, 2.24) is 15.1 Å². The lowest BCUT2D eigenvalue weighted by molar-refractivity contribution is -0.0478. The van der Waals surface area contributed by atoms with Gasteiger partial charge in [-0.3, -0.25) is 4.68 Å². The minimum Gasteiger partial charge on any atom is -0.390 e. The van der Waals surface area contributed by atoms with Gasteiger partial charge >= 0.3 is 0 Å². The van der Waals surface area contributed by atoms with Crippen molar-refractivity contribution in [2.24, 2.45) is 0 Å². The van der Waals surface area contributed by atoms with E-state index in [1.165, 1.54) is 0 Å². The van der Waals surface area contributed by atoms with E-state index in [4.69, 9.17) is 5.11 Å². The summed E-state index contributed by atoms with van der Waals surface area (Å²) in [5.74, 6) is -3.09. The third-order valence-electron chi connectivity index (χ3n) is 2.60. The van der Waals surface area contributed by atoms with Crippen LogP contribution in [0.25, 0.3) is 0 Å². The molecule has 2 N–H and O–H groups in total. The van der Waals surface area contributed by atoms with Crippen LogP contribution < -0.4 is 5.32 Å². The van der Waals surface area contributed by atoms with Crippen LogP contribution >= 0.6 is 15.9 Å². The molecule has 1 aromatic heterocycles. The fourth-order valence-corrected chi connectivity index (χ4v) is 2.31. The van der Waals surface area contributed by atoms with Gasteiger partial charge in [0.25, 0.3) is 5.92 Å². The zero-order valence-electron chi connectivity index (χ0n) is 10.5. The first-order valence-corrected chi connectivity index (χ1v) is 6.68. The summed E-state index contributed by atoms with van der Waals surface area (Å²) in [5.41, 5.74) is 1.77. The molecule has 1 rings (SSSR count). The first kappa shape index (κ1) is 15.5. The number of hydrogen-bond acceptors (Lipinski definition) is 3. The summed E-state index contributed by atoms with van der Waals surface area (Å²) in [7, 11) is 0. The lowest BCUT2D eigenvalue weighted by Crippen LogP contribution is -2.35. The van der Waals surface area contributed by atoms with Crippen LogP contribution in [0.3, 0.4) is 0 Å². The number of aryl methyl sites for hydroxylation is 2. The van der Waals surface area contributed by atoms with Crippen LogP contribution in [-0.2, 0) is 19.5 Å². The van der Waals surface area contributed by atoms with E-state index < -0.39 is 19.1 Å². The molecule has 0 saturated carbocycles. The second kappa shape index (κ2) is 6.58. The number of rotatable bonds is 7. The lowest BCUT2D eigenvalue weighted by Gasteiger charge is -2.14. The normalized spacial score (nSPS) is 12.1. The summed E-state index contributed by atoms with van der Waals surface area (Å²) in [6.45, 7) is 3.22. The summed E-state index contributed by atoms with van der Waals surface area (Å²) >= 11 is 3.44. The van der Waals surface area contributed by atoms with Gasteiger partial charge in [-0.1, -0.05) is 6.92 Å². The highest BCUT2D eigenvalue weighted by molar-refractivity contribution is 9.10. The van der Waals surface area contributed by atoms with Gasteiger partial charge in [0, 0.05) is 13.1 Å². The number of aliphatic hydroxyl groups is 1. The molecule has 0 bridgehead atoms. The van der Waals surface area contributed by atoms with Crippen LogP contribution in [-0.4, -0.2) is 34.0 Å². The molecular weight excluding hydrogens is 308 g/mol. The average Bonchev–Trinajstić information content (AvgIpc) is 2.66. The highest BCUT2D eigenvalue weighted by Crippen LogP contribution is 2.22. The van der Waals surface area contributed by atoms with E-state index in [-0.39, 0.29) is 6.54 Å². The summed E-state index contributed by atoms with van der Waals surface area (Å²) in [6.07, 6.45) is 0.785. The number of alkyl halides is 2. The zero-order valence-corrected chi connectivity index (χ0v) is 12.1. The van der Waals surface area contributed by atoms with Crippen molar-refractivity contribution in [3.8, 4) is 0 Å². The zero-order chi connectivity index (χ0) is 13.8. The molecule has 0 unspecified atom stereocenters. The Morgan fingerprint density at radius 1 is 1.44 bits per heavy atom. The summed E-state index contributed by atoms with van der Waals surface area (Å²) in [6, 6.07) is 0. The Hall–Kier alpha value is -0.530. The molecule has 0 atom stereocenters. The van der Waals surface area contributed by atoms with Gasteiger partial charge < -0.3 is 10.4 Å². The van der Waals surface area contributed by atoms with Gasteiger partial charge in [-0.25, -0.2) is 8.78 Å². The Balaban J connectivity index is 2.69. The topological polar surface area (TPSA) is 50.1 Å². The van der Waals surface area contributed by atoms with Crippen LogP contribution in [0.4, 0.5) is 8.78 Å². The minimum absolute atomic E-state index is 0.289. The Labute approximate surface area is 114 Å². The number of aliphatic hydroxyl groups excluding tert-OH is 1. The lowest BCUT2D eigenvalue weighted by atomic mass is 10.3. The van der Waals surface area contributed by atoms with Gasteiger partial charge in [-0.15, -0.1) is 0 Å². The molecule has 0 saturated heterocycles. The van der Waals surface area contributed by atoms with Crippen LogP contribution in [0.5, 0.6) is 0 Å². The van der Waals surface area contributed by atoms with Crippen molar-refractivity contribution in [3.05, 3.63) is 15.9 Å².